The van der Waals surface area contributed by atoms with Crippen molar-refractivity contribution in [3.63, 3.8) is 0 Å². The fourth-order valence-electron chi connectivity index (χ4n) is 2.67. The highest BCUT2D eigenvalue weighted by Crippen LogP contribution is 2.24. The first-order chi connectivity index (χ1) is 11.6. The van der Waals surface area contributed by atoms with Crippen molar-refractivity contribution < 1.29 is 17.9 Å². The van der Waals surface area contributed by atoms with E-state index in [1.165, 1.54) is 6.07 Å². The number of carbonyl (C=O) groups is 1. The molecule has 0 spiro atoms. The molecule has 1 heterocycles. The zero-order valence-electron chi connectivity index (χ0n) is 15.6. The molecule has 1 fully saturated rings. The first-order valence-electron chi connectivity index (χ1n) is 8.33. The molecule has 1 aromatic rings. The lowest BCUT2D eigenvalue weighted by Gasteiger charge is -2.24. The van der Waals surface area contributed by atoms with Gasteiger partial charge in [0.2, 0.25) is 15.9 Å². The molecule has 26 heavy (non-hydrogen) atoms. The Labute approximate surface area is 161 Å². The molecule has 1 aromatic carbocycles. The fraction of sp³-hybridized carbons (Fsp3) is 0.588. The molecule has 0 aromatic heterocycles. The number of carbonyl (C=O) groups excluding carboxylic acids is 1. The molecule has 1 saturated heterocycles. The molecule has 148 valence electrons. The predicted octanol–water partition coefficient (Wildman–Crippen LogP) is 1.81. The van der Waals surface area contributed by atoms with E-state index >= 15 is 0 Å². The molecule has 0 bridgehead atoms. The summed E-state index contributed by atoms with van der Waals surface area (Å²) >= 11 is 0. The number of nitrogens with one attached hydrogen (secondary N) is 3. The number of halogens is 1. The highest BCUT2D eigenvalue weighted by atomic mass is 35.5. The van der Waals surface area contributed by atoms with Crippen LogP contribution in [-0.4, -0.2) is 45.7 Å². The monoisotopic (exact) mass is 405 g/mol. The Balaban J connectivity index is 0.00000338. The number of sulfonamides is 1. The van der Waals surface area contributed by atoms with Gasteiger partial charge < -0.3 is 15.4 Å². The molecule has 9 heteroatoms. The Morgan fingerprint density at radius 1 is 1.35 bits per heavy atom. The van der Waals surface area contributed by atoms with Gasteiger partial charge in [0.25, 0.3) is 0 Å². The van der Waals surface area contributed by atoms with Crippen molar-refractivity contribution in [2.75, 3.05) is 25.1 Å². The smallest absolute Gasteiger partial charge is 0.241 e. The number of morpholine rings is 1. The molecule has 1 aliphatic rings. The van der Waals surface area contributed by atoms with Crippen LogP contribution in [0.25, 0.3) is 0 Å². The number of amides is 1. The number of hydrogen-bond donors (Lipinski definition) is 3. The van der Waals surface area contributed by atoms with Crippen LogP contribution in [0.3, 0.4) is 0 Å². The van der Waals surface area contributed by atoms with Crippen molar-refractivity contribution in [1.29, 1.82) is 0 Å². The third kappa shape index (κ3) is 6.51. The predicted molar refractivity (Wildman–Crippen MR) is 104 cm³/mol. The van der Waals surface area contributed by atoms with Crippen LogP contribution >= 0.6 is 12.4 Å². The van der Waals surface area contributed by atoms with E-state index in [0.717, 1.165) is 6.54 Å². The lowest BCUT2D eigenvalue weighted by atomic mass is 10.1. The van der Waals surface area contributed by atoms with Gasteiger partial charge in [-0.05, 0) is 45.4 Å². The van der Waals surface area contributed by atoms with Crippen LogP contribution in [0.15, 0.2) is 23.1 Å². The molecule has 0 saturated carbocycles. The zero-order valence-corrected chi connectivity index (χ0v) is 17.2. The fourth-order valence-corrected chi connectivity index (χ4v) is 4.36. The molecule has 0 radical (unpaired) electrons. The van der Waals surface area contributed by atoms with Crippen molar-refractivity contribution in [3.8, 4) is 0 Å². The second-order valence-electron chi connectivity index (χ2n) is 7.26. The molecular weight excluding hydrogens is 378 g/mol. The number of benzene rings is 1. The summed E-state index contributed by atoms with van der Waals surface area (Å²) in [5.41, 5.74) is 0.427. The largest absolute Gasteiger partial charge is 0.378 e. The lowest BCUT2D eigenvalue weighted by molar-refractivity contribution is -0.117. The standard InChI is InChI=1S/C17H27N3O4S.ClH/c1-12-14(19-16(21)10-13-11-24-9-8-18-13)6-5-7-15(12)25(22,23)20-17(2,3)4;/h5-7,13,18,20H,8-11H2,1-4H3,(H,19,21);1H. The van der Waals surface area contributed by atoms with Gasteiger partial charge in [-0.3, -0.25) is 4.79 Å². The van der Waals surface area contributed by atoms with Gasteiger partial charge in [0.15, 0.2) is 0 Å². The summed E-state index contributed by atoms with van der Waals surface area (Å²) in [6, 6.07) is 4.84. The average molecular weight is 406 g/mol. The summed E-state index contributed by atoms with van der Waals surface area (Å²) in [6.45, 7) is 8.91. The first kappa shape index (κ1) is 22.9. The maximum atomic E-state index is 12.6. The van der Waals surface area contributed by atoms with Crippen LogP contribution < -0.4 is 15.4 Å². The normalized spacial score (nSPS) is 18.1. The summed E-state index contributed by atoms with van der Waals surface area (Å²) in [4.78, 5) is 12.4. The van der Waals surface area contributed by atoms with Crippen molar-refractivity contribution in [2.24, 2.45) is 0 Å². The van der Waals surface area contributed by atoms with Gasteiger partial charge in [-0.25, -0.2) is 13.1 Å². The Morgan fingerprint density at radius 2 is 2.04 bits per heavy atom. The highest BCUT2D eigenvalue weighted by molar-refractivity contribution is 7.89. The molecule has 3 N–H and O–H groups in total. The van der Waals surface area contributed by atoms with Gasteiger partial charge in [0.05, 0.1) is 18.1 Å². The van der Waals surface area contributed by atoms with Gasteiger partial charge >= 0.3 is 0 Å². The maximum Gasteiger partial charge on any atom is 0.241 e. The van der Waals surface area contributed by atoms with E-state index in [1.807, 2.05) is 0 Å². The minimum absolute atomic E-state index is 0. The van der Waals surface area contributed by atoms with Gasteiger partial charge in [-0.2, -0.15) is 0 Å². The molecular formula is C17H28ClN3O4S. The van der Waals surface area contributed by atoms with Crippen LogP contribution in [-0.2, 0) is 19.6 Å². The van der Waals surface area contributed by atoms with E-state index in [2.05, 4.69) is 15.4 Å². The van der Waals surface area contributed by atoms with E-state index < -0.39 is 15.6 Å². The third-order valence-electron chi connectivity index (χ3n) is 3.72. The minimum Gasteiger partial charge on any atom is -0.378 e. The van der Waals surface area contributed by atoms with E-state index in [4.69, 9.17) is 4.74 Å². The van der Waals surface area contributed by atoms with Crippen LogP contribution in [0, 0.1) is 6.92 Å². The first-order valence-corrected chi connectivity index (χ1v) is 9.81. The summed E-state index contributed by atoms with van der Waals surface area (Å²) in [6.07, 6.45) is 0.274. The summed E-state index contributed by atoms with van der Waals surface area (Å²) in [7, 11) is -3.67. The summed E-state index contributed by atoms with van der Waals surface area (Å²) in [5, 5.41) is 6.03. The summed E-state index contributed by atoms with van der Waals surface area (Å²) in [5.74, 6) is -0.176. The second-order valence-corrected chi connectivity index (χ2v) is 8.91. The highest BCUT2D eigenvalue weighted by Gasteiger charge is 2.25. The number of anilines is 1. The second kappa shape index (κ2) is 9.14. The molecule has 1 aliphatic heterocycles. The summed E-state index contributed by atoms with van der Waals surface area (Å²) < 4.78 is 33.1. The van der Waals surface area contributed by atoms with E-state index in [-0.39, 0.29) is 35.7 Å². The maximum absolute atomic E-state index is 12.6. The van der Waals surface area contributed by atoms with Crippen LogP contribution in [0.2, 0.25) is 0 Å². The van der Waals surface area contributed by atoms with E-state index in [0.29, 0.717) is 24.5 Å². The van der Waals surface area contributed by atoms with Crippen molar-refractivity contribution in [3.05, 3.63) is 23.8 Å². The zero-order chi connectivity index (χ0) is 18.7. The Hall–Kier alpha value is -1.19. The number of hydrogen-bond acceptors (Lipinski definition) is 5. The van der Waals surface area contributed by atoms with Gasteiger partial charge in [0, 0.05) is 30.2 Å². The Morgan fingerprint density at radius 3 is 2.62 bits per heavy atom. The van der Waals surface area contributed by atoms with Gasteiger partial charge in [-0.1, -0.05) is 6.07 Å². The Bertz CT molecular complexity index is 726. The number of ether oxygens (including phenoxy) is 1. The van der Waals surface area contributed by atoms with Gasteiger partial charge in [0.1, 0.15) is 0 Å². The van der Waals surface area contributed by atoms with Crippen LogP contribution in [0.5, 0.6) is 0 Å². The molecule has 7 nitrogen and oxygen atoms in total. The molecule has 2 rings (SSSR count). The Kier molecular flexibility index (Phi) is 8.04. The molecule has 1 atom stereocenters. The van der Waals surface area contributed by atoms with E-state index in [1.54, 1.807) is 39.8 Å². The minimum atomic E-state index is -3.67. The number of rotatable bonds is 5. The topological polar surface area (TPSA) is 96.5 Å². The van der Waals surface area contributed by atoms with Crippen molar-refractivity contribution in [1.82, 2.24) is 10.0 Å². The molecule has 1 amide bonds. The third-order valence-corrected chi connectivity index (χ3v) is 5.62. The quantitative estimate of drug-likeness (QED) is 0.694. The average Bonchev–Trinajstić information content (AvgIpc) is 2.47. The SMILES string of the molecule is Cc1c(NC(=O)CC2COCCN2)cccc1S(=O)(=O)NC(C)(C)C.Cl. The van der Waals surface area contributed by atoms with Crippen LogP contribution in [0.1, 0.15) is 32.8 Å². The molecule has 0 aliphatic carbocycles. The molecule has 1 unspecified atom stereocenters. The van der Waals surface area contributed by atoms with Crippen LogP contribution in [0.4, 0.5) is 5.69 Å². The van der Waals surface area contributed by atoms with Crippen molar-refractivity contribution >= 4 is 34.0 Å². The lowest BCUT2D eigenvalue weighted by Crippen LogP contribution is -2.43. The van der Waals surface area contributed by atoms with Crippen molar-refractivity contribution in [2.45, 2.75) is 50.6 Å². The van der Waals surface area contributed by atoms with E-state index in [9.17, 15) is 13.2 Å². The van der Waals surface area contributed by atoms with Gasteiger partial charge in [-0.15, -0.1) is 12.4 Å².